The molecule has 1 aromatic rings. The van der Waals surface area contributed by atoms with Crippen LogP contribution in [0.5, 0.6) is 0 Å². The molecule has 2 rings (SSSR count). The van der Waals surface area contributed by atoms with Crippen molar-refractivity contribution in [3.63, 3.8) is 0 Å². The van der Waals surface area contributed by atoms with E-state index in [0.717, 1.165) is 12.8 Å². The SMILES string of the molecule is NC(N)=NC(N)=Nc1ccccc1S(=O)(=O)NC1CC1. The van der Waals surface area contributed by atoms with Gasteiger partial charge in [0.25, 0.3) is 0 Å². The van der Waals surface area contributed by atoms with Crippen LogP contribution < -0.4 is 21.9 Å². The van der Waals surface area contributed by atoms with Crippen LogP contribution in [0.1, 0.15) is 12.8 Å². The number of para-hydroxylation sites is 1. The topological polar surface area (TPSA) is 149 Å². The van der Waals surface area contributed by atoms with Gasteiger partial charge in [-0.25, -0.2) is 18.1 Å². The summed E-state index contributed by atoms with van der Waals surface area (Å²) in [6, 6.07) is 6.24. The molecule has 1 aromatic carbocycles. The molecule has 7 N–H and O–H groups in total. The number of hydrogen-bond acceptors (Lipinski definition) is 3. The van der Waals surface area contributed by atoms with Crippen molar-refractivity contribution in [3.8, 4) is 0 Å². The Hall–Kier alpha value is -2.13. The minimum absolute atomic E-state index is 0.00656. The number of hydrogen-bond donors (Lipinski definition) is 4. The van der Waals surface area contributed by atoms with Crippen LogP contribution in [-0.2, 0) is 10.0 Å². The predicted molar refractivity (Wildman–Crippen MR) is 76.9 cm³/mol. The zero-order chi connectivity index (χ0) is 14.8. The first-order chi connectivity index (χ1) is 9.38. The van der Waals surface area contributed by atoms with Gasteiger partial charge in [0.2, 0.25) is 16.0 Å². The smallest absolute Gasteiger partial charge is 0.242 e. The molecular weight excluding hydrogens is 280 g/mol. The minimum Gasteiger partial charge on any atom is -0.370 e. The highest BCUT2D eigenvalue weighted by molar-refractivity contribution is 7.89. The van der Waals surface area contributed by atoms with E-state index in [4.69, 9.17) is 17.2 Å². The first-order valence-corrected chi connectivity index (χ1v) is 7.42. The van der Waals surface area contributed by atoms with Crippen molar-refractivity contribution in [3.05, 3.63) is 24.3 Å². The molecule has 0 aromatic heterocycles. The lowest BCUT2D eigenvalue weighted by Gasteiger charge is -2.08. The largest absolute Gasteiger partial charge is 0.370 e. The van der Waals surface area contributed by atoms with Gasteiger partial charge in [-0.3, -0.25) is 0 Å². The van der Waals surface area contributed by atoms with Gasteiger partial charge < -0.3 is 17.2 Å². The van der Waals surface area contributed by atoms with E-state index in [0.29, 0.717) is 0 Å². The molecule has 20 heavy (non-hydrogen) atoms. The van der Waals surface area contributed by atoms with E-state index in [9.17, 15) is 8.42 Å². The third-order valence-corrected chi connectivity index (χ3v) is 4.10. The molecule has 0 radical (unpaired) electrons. The highest BCUT2D eigenvalue weighted by Gasteiger charge is 2.29. The van der Waals surface area contributed by atoms with Crippen molar-refractivity contribution >= 4 is 27.6 Å². The molecule has 0 spiro atoms. The molecule has 0 bridgehead atoms. The Bertz CT molecular complexity index is 659. The van der Waals surface area contributed by atoms with Crippen molar-refractivity contribution in [2.24, 2.45) is 27.2 Å². The zero-order valence-corrected chi connectivity index (χ0v) is 11.5. The quantitative estimate of drug-likeness (QED) is 0.430. The Balaban J connectivity index is 2.37. The average molecular weight is 296 g/mol. The van der Waals surface area contributed by atoms with Crippen LogP contribution in [-0.4, -0.2) is 26.4 Å². The standard InChI is InChI=1S/C11H16N6O2S/c12-10(13)16-11(14)15-8-3-1-2-4-9(8)20(18,19)17-7-5-6-7/h1-4,7,17H,5-6H2,(H6,12,13,14,15,16). The van der Waals surface area contributed by atoms with Crippen LogP contribution in [0.3, 0.4) is 0 Å². The van der Waals surface area contributed by atoms with Gasteiger partial charge in [-0.05, 0) is 25.0 Å². The molecule has 0 unspecified atom stereocenters. The Morgan fingerprint density at radius 1 is 1.20 bits per heavy atom. The van der Waals surface area contributed by atoms with Gasteiger partial charge in [-0.2, -0.15) is 4.99 Å². The maximum Gasteiger partial charge on any atom is 0.242 e. The summed E-state index contributed by atoms with van der Waals surface area (Å²) in [6.07, 6.45) is 1.70. The van der Waals surface area contributed by atoms with Gasteiger partial charge in [0, 0.05) is 6.04 Å². The minimum atomic E-state index is -3.63. The van der Waals surface area contributed by atoms with E-state index in [1.165, 1.54) is 12.1 Å². The fourth-order valence-electron chi connectivity index (χ4n) is 1.54. The van der Waals surface area contributed by atoms with Crippen LogP contribution in [0, 0.1) is 0 Å². The molecule has 8 nitrogen and oxygen atoms in total. The van der Waals surface area contributed by atoms with E-state index < -0.39 is 10.0 Å². The van der Waals surface area contributed by atoms with Gasteiger partial charge >= 0.3 is 0 Å². The van der Waals surface area contributed by atoms with Gasteiger partial charge in [0.1, 0.15) is 4.90 Å². The average Bonchev–Trinajstić information content (AvgIpc) is 3.11. The molecule has 0 aliphatic heterocycles. The molecule has 0 saturated heterocycles. The summed E-state index contributed by atoms with van der Waals surface area (Å²) in [5.41, 5.74) is 16.1. The van der Waals surface area contributed by atoms with Gasteiger partial charge in [-0.15, -0.1) is 0 Å². The molecule has 1 aliphatic carbocycles. The van der Waals surface area contributed by atoms with Crippen molar-refractivity contribution < 1.29 is 8.42 Å². The molecule has 9 heteroatoms. The summed E-state index contributed by atoms with van der Waals surface area (Å²) in [5.74, 6) is -0.457. The Kier molecular flexibility index (Phi) is 3.91. The van der Waals surface area contributed by atoms with Crippen LogP contribution in [0.25, 0.3) is 0 Å². The van der Waals surface area contributed by atoms with Crippen LogP contribution in [0.15, 0.2) is 39.1 Å². The highest BCUT2D eigenvalue weighted by Crippen LogP contribution is 2.27. The molecule has 1 saturated carbocycles. The Labute approximate surface area is 116 Å². The normalized spacial score (nSPS) is 15.9. The third-order valence-electron chi connectivity index (χ3n) is 2.53. The molecule has 1 fully saturated rings. The van der Waals surface area contributed by atoms with Crippen LogP contribution in [0.4, 0.5) is 5.69 Å². The summed E-state index contributed by atoms with van der Waals surface area (Å²) < 4.78 is 27.0. The lowest BCUT2D eigenvalue weighted by atomic mass is 10.3. The Morgan fingerprint density at radius 2 is 1.85 bits per heavy atom. The van der Waals surface area contributed by atoms with Crippen molar-refractivity contribution in [2.75, 3.05) is 0 Å². The fraction of sp³-hybridized carbons (Fsp3) is 0.273. The number of sulfonamides is 1. The number of benzene rings is 1. The summed E-state index contributed by atoms with van der Waals surface area (Å²) in [4.78, 5) is 7.52. The zero-order valence-electron chi connectivity index (χ0n) is 10.7. The second kappa shape index (κ2) is 5.47. The Morgan fingerprint density at radius 3 is 2.45 bits per heavy atom. The molecule has 0 amide bonds. The number of nitrogens with two attached hydrogens (primary N) is 3. The van der Waals surface area contributed by atoms with Gasteiger partial charge in [0.05, 0.1) is 5.69 Å². The van der Waals surface area contributed by atoms with E-state index in [2.05, 4.69) is 14.7 Å². The molecule has 0 atom stereocenters. The fourth-order valence-corrected chi connectivity index (χ4v) is 2.99. The number of aliphatic imine (C=N–C) groups is 2. The first-order valence-electron chi connectivity index (χ1n) is 5.93. The van der Waals surface area contributed by atoms with Crippen molar-refractivity contribution in [1.82, 2.24) is 4.72 Å². The van der Waals surface area contributed by atoms with E-state index in [1.807, 2.05) is 0 Å². The van der Waals surface area contributed by atoms with Gasteiger partial charge in [0.15, 0.2) is 5.96 Å². The van der Waals surface area contributed by atoms with E-state index in [1.54, 1.807) is 12.1 Å². The summed E-state index contributed by atoms with van der Waals surface area (Å²) >= 11 is 0. The maximum absolute atomic E-state index is 12.2. The van der Waals surface area contributed by atoms with Crippen molar-refractivity contribution in [2.45, 2.75) is 23.8 Å². The molecular formula is C11H16N6O2S. The van der Waals surface area contributed by atoms with E-state index >= 15 is 0 Å². The molecule has 108 valence electrons. The van der Waals surface area contributed by atoms with Crippen LogP contribution >= 0.6 is 0 Å². The second-order valence-corrected chi connectivity index (χ2v) is 6.05. The van der Waals surface area contributed by atoms with E-state index in [-0.39, 0.29) is 28.5 Å². The summed E-state index contributed by atoms with van der Waals surface area (Å²) in [5, 5.41) is 0. The monoisotopic (exact) mass is 296 g/mol. The third kappa shape index (κ3) is 3.68. The first kappa shape index (κ1) is 14.3. The number of nitrogens with one attached hydrogen (secondary N) is 1. The van der Waals surface area contributed by atoms with Crippen molar-refractivity contribution in [1.29, 1.82) is 0 Å². The summed E-state index contributed by atoms with van der Waals surface area (Å²) in [6.45, 7) is 0. The number of rotatable bonds is 4. The van der Waals surface area contributed by atoms with Crippen LogP contribution in [0.2, 0.25) is 0 Å². The molecule has 0 heterocycles. The van der Waals surface area contributed by atoms with Gasteiger partial charge in [-0.1, -0.05) is 12.1 Å². The highest BCUT2D eigenvalue weighted by atomic mass is 32.2. The summed E-state index contributed by atoms with van der Waals surface area (Å²) in [7, 11) is -3.63. The second-order valence-electron chi connectivity index (χ2n) is 4.37. The maximum atomic E-state index is 12.2. The lowest BCUT2D eigenvalue weighted by Crippen LogP contribution is -2.27. The molecule has 1 aliphatic rings. The predicted octanol–water partition coefficient (Wildman–Crippen LogP) is -0.653. The lowest BCUT2D eigenvalue weighted by molar-refractivity contribution is 0.581. The number of guanidine groups is 2. The number of nitrogens with zero attached hydrogens (tertiary/aromatic N) is 2.